The lowest BCUT2D eigenvalue weighted by Crippen LogP contribution is -2.58. The Balaban J connectivity index is 2.42. The number of carbonyl (C=O) groups excluding carboxylic acids is 3. The Morgan fingerprint density at radius 3 is 2.65 bits per heavy atom. The Morgan fingerprint density at radius 1 is 1.38 bits per heavy atom. The average molecular weight is 369 g/mol. The summed E-state index contributed by atoms with van der Waals surface area (Å²) in [6.07, 6.45) is 2.30. The van der Waals surface area contributed by atoms with E-state index in [1.807, 2.05) is 0 Å². The van der Waals surface area contributed by atoms with Crippen molar-refractivity contribution in [2.75, 3.05) is 20.1 Å². The molecule has 0 unspecified atom stereocenters. The number of carbonyl (C=O) groups is 3. The minimum Gasteiger partial charge on any atom is -0.370 e. The number of nitrogens with two attached hydrogens (primary N) is 4. The van der Waals surface area contributed by atoms with Gasteiger partial charge < -0.3 is 27.8 Å². The SMILES string of the molecule is CN(C(=O)C[C@@H](N)CCCCN=C(N)N)[C@H]1CN=C(NC(N)=O)NC1=O. The van der Waals surface area contributed by atoms with Gasteiger partial charge in [0.25, 0.3) is 5.91 Å². The highest BCUT2D eigenvalue weighted by Crippen LogP contribution is 2.09. The van der Waals surface area contributed by atoms with Gasteiger partial charge in [-0.2, -0.15) is 0 Å². The van der Waals surface area contributed by atoms with Crippen LogP contribution >= 0.6 is 0 Å². The van der Waals surface area contributed by atoms with Gasteiger partial charge in [-0.05, 0) is 12.8 Å². The highest BCUT2D eigenvalue weighted by molar-refractivity contribution is 6.07. The van der Waals surface area contributed by atoms with Crippen LogP contribution in [-0.2, 0) is 9.59 Å². The van der Waals surface area contributed by atoms with E-state index < -0.39 is 18.0 Å². The summed E-state index contributed by atoms with van der Waals surface area (Å²) in [5.74, 6) is -0.695. The molecule has 12 nitrogen and oxygen atoms in total. The molecule has 4 amide bonds. The molecule has 1 aliphatic rings. The number of guanidine groups is 2. The van der Waals surface area contributed by atoms with Crippen LogP contribution < -0.4 is 33.6 Å². The predicted octanol–water partition coefficient (Wildman–Crippen LogP) is -2.87. The molecule has 0 radical (unpaired) electrons. The van der Waals surface area contributed by atoms with Crippen LogP contribution in [0.5, 0.6) is 0 Å². The third kappa shape index (κ3) is 7.34. The van der Waals surface area contributed by atoms with Crippen molar-refractivity contribution in [3.8, 4) is 0 Å². The molecule has 0 aromatic rings. The molecule has 146 valence electrons. The van der Waals surface area contributed by atoms with Gasteiger partial charge in [0, 0.05) is 26.1 Å². The number of aliphatic imine (C=N–C) groups is 2. The topological polar surface area (TPSA) is 207 Å². The van der Waals surface area contributed by atoms with Crippen molar-refractivity contribution in [1.29, 1.82) is 0 Å². The van der Waals surface area contributed by atoms with Crippen molar-refractivity contribution >= 4 is 29.8 Å². The van der Waals surface area contributed by atoms with Crippen LogP contribution in [-0.4, -0.2) is 66.9 Å². The van der Waals surface area contributed by atoms with E-state index in [1.165, 1.54) is 11.9 Å². The first-order chi connectivity index (χ1) is 12.2. The Morgan fingerprint density at radius 2 is 2.08 bits per heavy atom. The molecule has 2 atom stereocenters. The van der Waals surface area contributed by atoms with Crippen LogP contribution in [0.1, 0.15) is 25.7 Å². The molecule has 1 aliphatic heterocycles. The highest BCUT2D eigenvalue weighted by atomic mass is 16.2. The quantitative estimate of drug-likeness (QED) is 0.150. The van der Waals surface area contributed by atoms with Crippen molar-refractivity contribution < 1.29 is 14.4 Å². The number of unbranched alkanes of at least 4 members (excludes halogenated alkanes) is 1. The molecule has 0 aromatic heterocycles. The van der Waals surface area contributed by atoms with Crippen molar-refractivity contribution in [2.24, 2.45) is 32.9 Å². The van der Waals surface area contributed by atoms with Crippen LogP contribution in [0.2, 0.25) is 0 Å². The summed E-state index contributed by atoms with van der Waals surface area (Å²) in [7, 11) is 1.51. The predicted molar refractivity (Wildman–Crippen MR) is 96.8 cm³/mol. The molecule has 0 spiro atoms. The average Bonchev–Trinajstić information content (AvgIpc) is 2.53. The lowest BCUT2D eigenvalue weighted by molar-refractivity contribution is -0.138. The minimum absolute atomic E-state index is 0.0252. The molecule has 10 N–H and O–H groups in total. The lowest BCUT2D eigenvalue weighted by Gasteiger charge is -2.30. The van der Waals surface area contributed by atoms with Gasteiger partial charge >= 0.3 is 6.03 Å². The molecular formula is C14H27N9O3. The maximum absolute atomic E-state index is 12.3. The maximum Gasteiger partial charge on any atom is 0.318 e. The van der Waals surface area contributed by atoms with Crippen LogP contribution in [0.25, 0.3) is 0 Å². The zero-order chi connectivity index (χ0) is 19.7. The summed E-state index contributed by atoms with van der Waals surface area (Å²) >= 11 is 0. The normalized spacial score (nSPS) is 17.5. The van der Waals surface area contributed by atoms with Crippen molar-refractivity contribution in [2.45, 2.75) is 37.8 Å². The van der Waals surface area contributed by atoms with Gasteiger partial charge in [0.2, 0.25) is 11.9 Å². The van der Waals surface area contributed by atoms with E-state index in [2.05, 4.69) is 20.6 Å². The number of amides is 4. The maximum atomic E-state index is 12.3. The largest absolute Gasteiger partial charge is 0.370 e. The first-order valence-corrected chi connectivity index (χ1v) is 8.19. The molecule has 0 fully saturated rings. The minimum atomic E-state index is -0.835. The van der Waals surface area contributed by atoms with E-state index >= 15 is 0 Å². The van der Waals surface area contributed by atoms with E-state index in [-0.39, 0.29) is 36.8 Å². The second-order valence-corrected chi connectivity index (χ2v) is 5.95. The number of primary amides is 1. The smallest absolute Gasteiger partial charge is 0.318 e. The van der Waals surface area contributed by atoms with E-state index in [0.717, 1.165) is 12.8 Å². The zero-order valence-corrected chi connectivity index (χ0v) is 14.8. The van der Waals surface area contributed by atoms with Crippen molar-refractivity contribution in [3.05, 3.63) is 0 Å². The van der Waals surface area contributed by atoms with Gasteiger partial charge in [-0.15, -0.1) is 0 Å². The molecule has 0 aliphatic carbocycles. The van der Waals surface area contributed by atoms with Crippen molar-refractivity contribution in [3.63, 3.8) is 0 Å². The second-order valence-electron chi connectivity index (χ2n) is 5.95. The van der Waals surface area contributed by atoms with Crippen LogP contribution in [0, 0.1) is 0 Å². The summed E-state index contributed by atoms with van der Waals surface area (Å²) in [5.41, 5.74) is 21.4. The van der Waals surface area contributed by atoms with Gasteiger partial charge in [0.15, 0.2) is 5.96 Å². The molecule has 0 saturated carbocycles. The Bertz CT molecular complexity index is 586. The fourth-order valence-corrected chi connectivity index (χ4v) is 2.36. The molecule has 12 heteroatoms. The summed E-state index contributed by atoms with van der Waals surface area (Å²) in [4.78, 5) is 44.3. The summed E-state index contributed by atoms with van der Waals surface area (Å²) in [6, 6.07) is -1.93. The number of rotatable bonds is 8. The fourth-order valence-electron chi connectivity index (χ4n) is 2.36. The monoisotopic (exact) mass is 369 g/mol. The molecular weight excluding hydrogens is 342 g/mol. The van der Waals surface area contributed by atoms with Crippen LogP contribution in [0.3, 0.4) is 0 Å². The van der Waals surface area contributed by atoms with Gasteiger partial charge in [0.1, 0.15) is 6.04 Å². The van der Waals surface area contributed by atoms with Gasteiger partial charge in [-0.25, -0.2) is 9.79 Å². The molecule has 1 rings (SSSR count). The van der Waals surface area contributed by atoms with Gasteiger partial charge in [0.05, 0.1) is 6.54 Å². The van der Waals surface area contributed by atoms with Gasteiger partial charge in [-0.1, -0.05) is 6.42 Å². The summed E-state index contributed by atoms with van der Waals surface area (Å²) < 4.78 is 0. The van der Waals surface area contributed by atoms with E-state index in [4.69, 9.17) is 22.9 Å². The first-order valence-electron chi connectivity index (χ1n) is 8.19. The van der Waals surface area contributed by atoms with Crippen LogP contribution in [0.15, 0.2) is 9.98 Å². The molecule has 0 saturated heterocycles. The van der Waals surface area contributed by atoms with Crippen LogP contribution in [0.4, 0.5) is 4.79 Å². The first kappa shape index (κ1) is 21.2. The molecule has 0 aromatic carbocycles. The molecule has 1 heterocycles. The Labute approximate surface area is 151 Å². The fraction of sp³-hybridized carbons (Fsp3) is 0.643. The number of hydrogen-bond donors (Lipinski definition) is 6. The van der Waals surface area contributed by atoms with Crippen molar-refractivity contribution in [1.82, 2.24) is 15.5 Å². The highest BCUT2D eigenvalue weighted by Gasteiger charge is 2.31. The Hall–Kier alpha value is -2.89. The number of nitrogens with one attached hydrogen (secondary N) is 2. The third-order valence-corrected chi connectivity index (χ3v) is 3.78. The number of urea groups is 1. The van der Waals surface area contributed by atoms with E-state index in [0.29, 0.717) is 13.0 Å². The third-order valence-electron chi connectivity index (χ3n) is 3.78. The number of hydrogen-bond acceptors (Lipinski definition) is 6. The molecule has 0 bridgehead atoms. The second kappa shape index (κ2) is 10.2. The zero-order valence-electron chi connectivity index (χ0n) is 14.8. The summed E-state index contributed by atoms with van der Waals surface area (Å²) in [5, 5.41) is 4.57. The van der Waals surface area contributed by atoms with Gasteiger partial charge in [-0.3, -0.25) is 25.2 Å². The number of nitrogens with zero attached hydrogens (tertiary/aromatic N) is 3. The van der Waals surface area contributed by atoms with E-state index in [9.17, 15) is 14.4 Å². The standard InChI is InChI=1S/C14H27N9O3/c1-23(9-7-20-14(21-11(9)25)22-13(18)26)10(24)6-8(15)4-2-3-5-19-12(16)17/h8-9H,2-7,15H2,1H3,(H4,16,17,19)(H4,18,20,21,22,25,26)/t8-,9-/m0/s1. The number of likely N-dealkylation sites (N-methyl/N-ethyl adjacent to an activating group) is 1. The molecule has 26 heavy (non-hydrogen) atoms. The van der Waals surface area contributed by atoms with E-state index in [1.54, 1.807) is 0 Å². The summed E-state index contributed by atoms with van der Waals surface area (Å²) in [6.45, 7) is 0.544. The Kier molecular flexibility index (Phi) is 8.28. The lowest BCUT2D eigenvalue weighted by atomic mass is 10.1.